The van der Waals surface area contributed by atoms with E-state index in [4.69, 9.17) is 9.72 Å². The van der Waals surface area contributed by atoms with Crippen LogP contribution in [0.4, 0.5) is 0 Å². The molecule has 0 atom stereocenters. The van der Waals surface area contributed by atoms with Crippen molar-refractivity contribution in [2.45, 2.75) is 50.8 Å². The van der Waals surface area contributed by atoms with Gasteiger partial charge < -0.3 is 4.74 Å². The molecule has 2 aromatic carbocycles. The maximum atomic E-state index is 13.0. The first-order valence-electron chi connectivity index (χ1n) is 9.34. The molecule has 3 rings (SSSR count). The lowest BCUT2D eigenvalue weighted by Gasteiger charge is -2.14. The number of thioether (sulfide) groups is 1. The summed E-state index contributed by atoms with van der Waals surface area (Å²) in [6.45, 7) is 7.38. The number of fused-ring (bicyclic) bond motifs is 1. The minimum Gasteiger partial charge on any atom is -0.379 e. The highest BCUT2D eigenvalue weighted by atomic mass is 32.2. The molecule has 0 fully saturated rings. The highest BCUT2D eigenvalue weighted by molar-refractivity contribution is 7.98. The number of aryl methyl sites for hydroxylation is 1. The number of rotatable bonds is 8. The van der Waals surface area contributed by atoms with Crippen LogP contribution in [0, 0.1) is 6.92 Å². The maximum absolute atomic E-state index is 13.0. The molecular weight excluding hydrogens is 356 g/mol. The van der Waals surface area contributed by atoms with Crippen LogP contribution >= 0.6 is 11.8 Å². The van der Waals surface area contributed by atoms with Crippen LogP contribution in [-0.4, -0.2) is 22.3 Å². The second-order valence-electron chi connectivity index (χ2n) is 6.92. The molecule has 3 aromatic rings. The van der Waals surface area contributed by atoms with Crippen LogP contribution in [0.5, 0.6) is 0 Å². The second kappa shape index (κ2) is 9.20. The third-order valence-electron chi connectivity index (χ3n) is 4.25. The van der Waals surface area contributed by atoms with Crippen molar-refractivity contribution in [1.29, 1.82) is 0 Å². The zero-order valence-corrected chi connectivity index (χ0v) is 17.0. The predicted molar refractivity (Wildman–Crippen MR) is 112 cm³/mol. The average molecular weight is 383 g/mol. The Morgan fingerprint density at radius 3 is 2.74 bits per heavy atom. The van der Waals surface area contributed by atoms with Crippen molar-refractivity contribution in [3.8, 4) is 0 Å². The summed E-state index contributed by atoms with van der Waals surface area (Å²) in [5.41, 5.74) is 3.25. The van der Waals surface area contributed by atoms with E-state index in [9.17, 15) is 4.79 Å². The van der Waals surface area contributed by atoms with Crippen LogP contribution in [0.25, 0.3) is 10.9 Å². The van der Waals surface area contributed by atoms with Gasteiger partial charge in [0.25, 0.3) is 5.56 Å². The van der Waals surface area contributed by atoms with Crippen molar-refractivity contribution < 1.29 is 4.74 Å². The third-order valence-corrected chi connectivity index (χ3v) is 5.30. The molecule has 0 bridgehead atoms. The molecule has 0 aliphatic rings. The topological polar surface area (TPSA) is 44.1 Å². The molecule has 27 heavy (non-hydrogen) atoms. The first kappa shape index (κ1) is 19.6. The molecule has 1 heterocycles. The van der Waals surface area contributed by atoms with E-state index in [1.165, 1.54) is 11.1 Å². The Kier molecular flexibility index (Phi) is 6.69. The molecule has 0 saturated carbocycles. The van der Waals surface area contributed by atoms with E-state index in [1.54, 1.807) is 16.3 Å². The van der Waals surface area contributed by atoms with Gasteiger partial charge in [0.15, 0.2) is 5.16 Å². The van der Waals surface area contributed by atoms with E-state index in [-0.39, 0.29) is 11.7 Å². The van der Waals surface area contributed by atoms with Crippen LogP contribution in [-0.2, 0) is 17.0 Å². The Labute approximate surface area is 164 Å². The quantitative estimate of drug-likeness (QED) is 0.318. The molecule has 0 spiro atoms. The minimum absolute atomic E-state index is 0.0249. The van der Waals surface area contributed by atoms with E-state index in [1.807, 2.05) is 38.1 Å². The molecular formula is C22H26N2O2S. The molecule has 142 valence electrons. The van der Waals surface area contributed by atoms with E-state index in [2.05, 4.69) is 31.2 Å². The fourth-order valence-electron chi connectivity index (χ4n) is 2.95. The Balaban J connectivity index is 1.86. The van der Waals surface area contributed by atoms with Crippen LogP contribution in [0.2, 0.25) is 0 Å². The molecule has 0 saturated heterocycles. The number of benzene rings is 2. The van der Waals surface area contributed by atoms with E-state index in [0.717, 1.165) is 22.8 Å². The SMILES string of the molecule is Cc1cccc(CSc2nc3ccccc3c(=O)n2CCCOC(C)C)c1. The van der Waals surface area contributed by atoms with Gasteiger partial charge >= 0.3 is 0 Å². The normalized spacial score (nSPS) is 11.4. The van der Waals surface area contributed by atoms with Gasteiger partial charge in [-0.25, -0.2) is 4.98 Å². The lowest BCUT2D eigenvalue weighted by Crippen LogP contribution is -2.24. The Hall–Kier alpha value is -2.11. The number of hydrogen-bond donors (Lipinski definition) is 0. The molecule has 5 heteroatoms. The number of para-hydroxylation sites is 1. The predicted octanol–water partition coefficient (Wildman–Crippen LogP) is 4.81. The molecule has 0 aliphatic carbocycles. The van der Waals surface area contributed by atoms with E-state index in [0.29, 0.717) is 18.5 Å². The first-order chi connectivity index (χ1) is 13.0. The molecule has 0 unspecified atom stereocenters. The Morgan fingerprint density at radius 1 is 1.15 bits per heavy atom. The van der Waals surface area contributed by atoms with Crippen LogP contribution in [0.1, 0.15) is 31.4 Å². The summed E-state index contributed by atoms with van der Waals surface area (Å²) < 4.78 is 7.43. The fourth-order valence-corrected chi connectivity index (χ4v) is 3.91. The molecule has 1 aromatic heterocycles. The van der Waals surface area contributed by atoms with Crippen LogP contribution < -0.4 is 5.56 Å². The van der Waals surface area contributed by atoms with Crippen molar-refractivity contribution in [2.24, 2.45) is 0 Å². The average Bonchev–Trinajstić information content (AvgIpc) is 2.65. The smallest absolute Gasteiger partial charge is 0.262 e. The summed E-state index contributed by atoms with van der Waals surface area (Å²) in [7, 11) is 0. The molecule has 0 aliphatic heterocycles. The van der Waals surface area contributed by atoms with Gasteiger partial charge in [0, 0.05) is 18.9 Å². The van der Waals surface area contributed by atoms with Gasteiger partial charge in [-0.1, -0.05) is 53.7 Å². The maximum Gasteiger partial charge on any atom is 0.262 e. The van der Waals surface area contributed by atoms with Gasteiger partial charge in [-0.3, -0.25) is 9.36 Å². The lowest BCUT2D eigenvalue weighted by molar-refractivity contribution is 0.0743. The zero-order chi connectivity index (χ0) is 19.2. The summed E-state index contributed by atoms with van der Waals surface area (Å²) in [5, 5.41) is 1.44. The number of aromatic nitrogens is 2. The summed E-state index contributed by atoms with van der Waals surface area (Å²) in [6.07, 6.45) is 0.988. The van der Waals surface area contributed by atoms with Gasteiger partial charge in [0.05, 0.1) is 17.0 Å². The highest BCUT2D eigenvalue weighted by Gasteiger charge is 2.12. The van der Waals surface area contributed by atoms with Crippen LogP contribution in [0.3, 0.4) is 0 Å². The molecule has 4 nitrogen and oxygen atoms in total. The van der Waals surface area contributed by atoms with E-state index < -0.39 is 0 Å². The number of ether oxygens (including phenoxy) is 1. The van der Waals surface area contributed by atoms with Gasteiger partial charge in [-0.15, -0.1) is 0 Å². The molecule has 0 radical (unpaired) electrons. The number of hydrogen-bond acceptors (Lipinski definition) is 4. The first-order valence-corrected chi connectivity index (χ1v) is 10.3. The zero-order valence-electron chi connectivity index (χ0n) is 16.1. The standard InChI is InChI=1S/C22H26N2O2S/c1-16(2)26-13-7-12-24-21(25)19-10-4-5-11-20(19)23-22(24)27-15-18-9-6-8-17(3)14-18/h4-6,8-11,14,16H,7,12-13,15H2,1-3H3. The Bertz CT molecular complexity index is 966. The summed E-state index contributed by atoms with van der Waals surface area (Å²) in [4.78, 5) is 17.8. The monoisotopic (exact) mass is 382 g/mol. The minimum atomic E-state index is 0.0249. The summed E-state index contributed by atoms with van der Waals surface area (Å²) in [6, 6.07) is 16.0. The molecule has 0 N–H and O–H groups in total. The van der Waals surface area contributed by atoms with Gasteiger partial charge in [0.2, 0.25) is 0 Å². The Morgan fingerprint density at radius 2 is 1.96 bits per heavy atom. The van der Waals surface area contributed by atoms with Crippen molar-refractivity contribution in [3.05, 3.63) is 70.0 Å². The lowest BCUT2D eigenvalue weighted by atomic mass is 10.2. The third kappa shape index (κ3) is 5.21. The summed E-state index contributed by atoms with van der Waals surface area (Å²) in [5.74, 6) is 0.787. The van der Waals surface area contributed by atoms with Gasteiger partial charge in [0.1, 0.15) is 0 Å². The van der Waals surface area contributed by atoms with E-state index >= 15 is 0 Å². The highest BCUT2D eigenvalue weighted by Crippen LogP contribution is 2.23. The van der Waals surface area contributed by atoms with Crippen molar-refractivity contribution in [3.63, 3.8) is 0 Å². The fraction of sp³-hybridized carbons (Fsp3) is 0.364. The van der Waals surface area contributed by atoms with Crippen molar-refractivity contribution in [2.75, 3.05) is 6.61 Å². The second-order valence-corrected chi connectivity index (χ2v) is 7.86. The van der Waals surface area contributed by atoms with Gasteiger partial charge in [-0.05, 0) is 44.9 Å². The number of nitrogens with zero attached hydrogens (tertiary/aromatic N) is 2. The van der Waals surface area contributed by atoms with Gasteiger partial charge in [-0.2, -0.15) is 0 Å². The molecule has 0 amide bonds. The largest absolute Gasteiger partial charge is 0.379 e. The van der Waals surface area contributed by atoms with Crippen molar-refractivity contribution in [1.82, 2.24) is 9.55 Å². The van der Waals surface area contributed by atoms with Crippen LogP contribution in [0.15, 0.2) is 58.5 Å². The summed E-state index contributed by atoms with van der Waals surface area (Å²) >= 11 is 1.61. The van der Waals surface area contributed by atoms with Crippen molar-refractivity contribution >= 4 is 22.7 Å².